The second kappa shape index (κ2) is 9.39. The Morgan fingerprint density at radius 3 is 2.12 bits per heavy atom. The zero-order valence-corrected chi connectivity index (χ0v) is 13.9. The quantitative estimate of drug-likeness (QED) is 0.755. The maximum atomic E-state index is 12.8. The van der Waals surface area contributed by atoms with E-state index in [0.717, 1.165) is 4.31 Å². The Morgan fingerprint density at radius 1 is 1.17 bits per heavy atom. The molecule has 1 heterocycles. The van der Waals surface area contributed by atoms with Crippen LogP contribution in [0.1, 0.15) is 12.8 Å². The third-order valence-corrected chi connectivity index (χ3v) is 4.18. The summed E-state index contributed by atoms with van der Waals surface area (Å²) in [4.78, 5) is 11.7. The first-order valence-electron chi connectivity index (χ1n) is 6.71. The number of piperidine rings is 1. The largest absolute Gasteiger partial charge is 0.374 e. The number of carbonyl (C=O) groups is 1. The second-order valence-corrected chi connectivity index (χ2v) is 6.27. The second-order valence-electron chi connectivity index (χ2n) is 4.79. The van der Waals surface area contributed by atoms with Crippen LogP contribution in [0.3, 0.4) is 0 Å². The molecule has 1 aromatic carbocycles. The number of urea groups is 1. The van der Waals surface area contributed by atoms with E-state index < -0.39 is 33.8 Å². The standard InChI is InChI=1S/C12H15F2N3O3S.O2S/c13-9-1-3-10(4-2-9)15-12(18)16-11-5-7-17(8-6-11)21(14,19)20;1-3-2/h1-4,11H,5-8H2,(H2,15,16,18);. The van der Waals surface area contributed by atoms with E-state index in [0.29, 0.717) is 18.5 Å². The minimum Gasteiger partial charge on any atom is -0.335 e. The molecule has 0 atom stereocenters. The third-order valence-electron chi connectivity index (χ3n) is 3.20. The van der Waals surface area contributed by atoms with E-state index in [1.54, 1.807) is 0 Å². The topological polar surface area (TPSA) is 113 Å². The molecule has 2 N–H and O–H groups in total. The van der Waals surface area contributed by atoms with Crippen LogP contribution in [-0.2, 0) is 22.0 Å². The van der Waals surface area contributed by atoms with Crippen LogP contribution in [-0.4, -0.2) is 46.3 Å². The van der Waals surface area contributed by atoms with Crippen LogP contribution in [0.25, 0.3) is 0 Å². The van der Waals surface area contributed by atoms with E-state index in [2.05, 4.69) is 10.6 Å². The normalized spacial score (nSPS) is 15.8. The Labute approximate surface area is 141 Å². The Hall–Kier alpha value is -1.92. The lowest BCUT2D eigenvalue weighted by Gasteiger charge is -2.29. The molecule has 0 aromatic heterocycles. The fourth-order valence-corrected chi connectivity index (χ4v) is 2.75. The average molecular weight is 383 g/mol. The SMILES string of the molecule is O=C(Nc1ccc(F)cc1)NC1CCN(S(=O)(=O)F)CC1.O=S=O. The molecule has 1 aliphatic heterocycles. The molecule has 0 bridgehead atoms. The molecule has 0 radical (unpaired) electrons. The number of halogens is 2. The molecule has 1 fully saturated rings. The summed E-state index contributed by atoms with van der Waals surface area (Å²) in [5.74, 6) is -0.402. The predicted octanol–water partition coefficient (Wildman–Crippen LogP) is 0.956. The lowest BCUT2D eigenvalue weighted by atomic mass is 10.1. The molecule has 12 heteroatoms. The van der Waals surface area contributed by atoms with Gasteiger partial charge in [0.1, 0.15) is 5.82 Å². The number of hydrogen-bond acceptors (Lipinski definition) is 5. The number of amides is 2. The molecule has 134 valence electrons. The monoisotopic (exact) mass is 383 g/mol. The van der Waals surface area contributed by atoms with Crippen LogP contribution >= 0.6 is 0 Å². The lowest BCUT2D eigenvalue weighted by Crippen LogP contribution is -2.46. The fraction of sp³-hybridized carbons (Fsp3) is 0.417. The Kier molecular flexibility index (Phi) is 7.88. The van der Waals surface area contributed by atoms with Crippen LogP contribution in [0.15, 0.2) is 24.3 Å². The number of benzene rings is 1. The Balaban J connectivity index is 0.000000891. The molecule has 1 aromatic rings. The molecule has 2 amide bonds. The molecule has 0 aliphatic carbocycles. The lowest BCUT2D eigenvalue weighted by molar-refractivity contribution is 0.237. The van der Waals surface area contributed by atoms with Gasteiger partial charge in [-0.15, -0.1) is 0 Å². The van der Waals surface area contributed by atoms with Gasteiger partial charge in [0, 0.05) is 24.8 Å². The van der Waals surface area contributed by atoms with Gasteiger partial charge in [-0.3, -0.25) is 0 Å². The van der Waals surface area contributed by atoms with Gasteiger partial charge in [0.15, 0.2) is 0 Å². The number of rotatable bonds is 3. The summed E-state index contributed by atoms with van der Waals surface area (Å²) in [6, 6.07) is 4.59. The van der Waals surface area contributed by atoms with Gasteiger partial charge in [0.25, 0.3) is 0 Å². The number of anilines is 1. The minimum absolute atomic E-state index is 0.0281. The van der Waals surface area contributed by atoms with E-state index in [1.165, 1.54) is 24.3 Å². The van der Waals surface area contributed by atoms with Crippen molar-refractivity contribution in [2.75, 3.05) is 18.4 Å². The molecule has 2 rings (SSSR count). The molecule has 1 aliphatic rings. The highest BCUT2D eigenvalue weighted by atomic mass is 32.3. The summed E-state index contributed by atoms with van der Waals surface area (Å²) >= 11 is -0.750. The van der Waals surface area contributed by atoms with Gasteiger partial charge in [-0.05, 0) is 37.1 Å². The average Bonchev–Trinajstić information content (AvgIpc) is 2.50. The van der Waals surface area contributed by atoms with Gasteiger partial charge in [-0.25, -0.2) is 9.18 Å². The first-order valence-corrected chi connectivity index (χ1v) is 8.71. The molecular formula is C12H15F2N3O5S2. The van der Waals surface area contributed by atoms with Crippen molar-refractivity contribution >= 4 is 33.7 Å². The number of nitrogens with one attached hydrogen (secondary N) is 2. The maximum Gasteiger partial charge on any atom is 0.374 e. The van der Waals surface area contributed by atoms with Crippen molar-refractivity contribution in [1.82, 2.24) is 9.62 Å². The zero-order chi connectivity index (χ0) is 18.2. The van der Waals surface area contributed by atoms with Crippen molar-refractivity contribution in [3.63, 3.8) is 0 Å². The van der Waals surface area contributed by atoms with Crippen LogP contribution in [0, 0.1) is 5.82 Å². The van der Waals surface area contributed by atoms with Crippen molar-refractivity contribution in [3.8, 4) is 0 Å². The van der Waals surface area contributed by atoms with Crippen molar-refractivity contribution in [3.05, 3.63) is 30.1 Å². The van der Waals surface area contributed by atoms with Crippen molar-refractivity contribution < 1.29 is 29.9 Å². The first-order chi connectivity index (χ1) is 11.3. The van der Waals surface area contributed by atoms with Crippen molar-refractivity contribution in [2.24, 2.45) is 0 Å². The Morgan fingerprint density at radius 2 is 1.67 bits per heavy atom. The van der Waals surface area contributed by atoms with Gasteiger partial charge in [0.05, 0.1) is 0 Å². The van der Waals surface area contributed by atoms with E-state index in [9.17, 15) is 21.5 Å². The van der Waals surface area contributed by atoms with E-state index in [-0.39, 0.29) is 19.1 Å². The molecule has 8 nitrogen and oxygen atoms in total. The van der Waals surface area contributed by atoms with E-state index in [1.807, 2.05) is 0 Å². The molecule has 0 saturated carbocycles. The van der Waals surface area contributed by atoms with Gasteiger partial charge >= 0.3 is 28.0 Å². The highest BCUT2D eigenvalue weighted by Crippen LogP contribution is 2.15. The van der Waals surface area contributed by atoms with Gasteiger partial charge in [0.2, 0.25) is 0 Å². The summed E-state index contributed by atoms with van der Waals surface area (Å²) in [6.45, 7) is 0.0562. The molecule has 24 heavy (non-hydrogen) atoms. The number of hydrogen-bond donors (Lipinski definition) is 2. The van der Waals surface area contributed by atoms with Gasteiger partial charge < -0.3 is 10.6 Å². The highest BCUT2D eigenvalue weighted by molar-refractivity contribution is 7.83. The predicted molar refractivity (Wildman–Crippen MR) is 82.1 cm³/mol. The smallest absolute Gasteiger partial charge is 0.335 e. The number of nitrogens with zero attached hydrogens (tertiary/aromatic N) is 1. The van der Waals surface area contributed by atoms with Crippen molar-refractivity contribution in [2.45, 2.75) is 18.9 Å². The molecular weight excluding hydrogens is 368 g/mol. The van der Waals surface area contributed by atoms with E-state index in [4.69, 9.17) is 8.42 Å². The number of carbonyl (C=O) groups excluding carboxylic acids is 1. The first kappa shape index (κ1) is 20.1. The summed E-state index contributed by atoms with van der Waals surface area (Å²) < 4.78 is 64.2. The van der Waals surface area contributed by atoms with Gasteiger partial charge in [-0.1, -0.05) is 3.89 Å². The molecule has 1 saturated heterocycles. The molecule has 0 spiro atoms. The summed E-state index contributed by atoms with van der Waals surface area (Å²) in [5, 5.41) is 5.20. The summed E-state index contributed by atoms with van der Waals surface area (Å²) in [7, 11) is -4.66. The molecule has 0 unspecified atom stereocenters. The van der Waals surface area contributed by atoms with Gasteiger partial charge in [-0.2, -0.15) is 21.1 Å². The van der Waals surface area contributed by atoms with Crippen LogP contribution < -0.4 is 10.6 Å². The maximum absolute atomic E-state index is 12.8. The fourth-order valence-electron chi connectivity index (χ4n) is 2.10. The highest BCUT2D eigenvalue weighted by Gasteiger charge is 2.28. The van der Waals surface area contributed by atoms with Crippen LogP contribution in [0.4, 0.5) is 18.8 Å². The third kappa shape index (κ3) is 7.10. The Bertz CT molecular complexity index is 685. The summed E-state index contributed by atoms with van der Waals surface area (Å²) in [6.07, 6.45) is 0.667. The minimum atomic E-state index is -4.66. The van der Waals surface area contributed by atoms with Crippen LogP contribution in [0.2, 0.25) is 0 Å². The van der Waals surface area contributed by atoms with E-state index >= 15 is 0 Å². The van der Waals surface area contributed by atoms with Crippen LogP contribution in [0.5, 0.6) is 0 Å². The van der Waals surface area contributed by atoms with Crippen molar-refractivity contribution in [1.29, 1.82) is 0 Å². The summed E-state index contributed by atoms with van der Waals surface area (Å²) in [5.41, 5.74) is 0.442. The zero-order valence-electron chi connectivity index (χ0n) is 12.3.